The molecule has 1 unspecified atom stereocenters. The summed E-state index contributed by atoms with van der Waals surface area (Å²) in [5, 5.41) is 2.55. The Kier molecular flexibility index (Phi) is 4.83. The van der Waals surface area contributed by atoms with Gasteiger partial charge >= 0.3 is 5.92 Å². The normalized spacial score (nSPS) is 14.2. The smallest absolute Gasteiger partial charge is 0.336 e. The van der Waals surface area contributed by atoms with E-state index >= 15 is 0 Å². The number of hydrogen-bond donors (Lipinski definition) is 2. The number of hydrogen-bond acceptors (Lipinski definition) is 2. The molecule has 0 radical (unpaired) electrons. The number of nitrogens with two attached hydrogens (primary N) is 1. The van der Waals surface area contributed by atoms with Gasteiger partial charge in [-0.2, -0.15) is 8.78 Å². The SMILES string of the molecule is CCCC(C)NCC(F)(F)C(N)=O. The Bertz CT molecular complexity index is 174. The van der Waals surface area contributed by atoms with Gasteiger partial charge in [0.1, 0.15) is 0 Å². The van der Waals surface area contributed by atoms with Crippen LogP contribution in [0.25, 0.3) is 0 Å². The van der Waals surface area contributed by atoms with E-state index in [0.29, 0.717) is 0 Å². The fraction of sp³-hybridized carbons (Fsp3) is 0.875. The second-order valence-corrected chi connectivity index (χ2v) is 3.14. The standard InChI is InChI=1S/C8H16F2N2O/c1-3-4-6(2)12-5-8(9,10)7(11)13/h6,12H,3-5H2,1-2H3,(H2,11,13). The van der Waals surface area contributed by atoms with Crippen molar-refractivity contribution < 1.29 is 13.6 Å². The lowest BCUT2D eigenvalue weighted by Gasteiger charge is -2.17. The summed E-state index contributed by atoms with van der Waals surface area (Å²) in [6.07, 6.45) is 1.71. The quantitative estimate of drug-likeness (QED) is 0.659. The van der Waals surface area contributed by atoms with Gasteiger partial charge in [-0.15, -0.1) is 0 Å². The summed E-state index contributed by atoms with van der Waals surface area (Å²) in [5.74, 6) is -5.02. The van der Waals surface area contributed by atoms with Crippen LogP contribution in [0.2, 0.25) is 0 Å². The molecule has 0 saturated carbocycles. The van der Waals surface area contributed by atoms with E-state index in [-0.39, 0.29) is 6.04 Å². The van der Waals surface area contributed by atoms with Gasteiger partial charge in [0.05, 0.1) is 6.54 Å². The third-order valence-electron chi connectivity index (χ3n) is 1.75. The molecule has 0 aliphatic carbocycles. The van der Waals surface area contributed by atoms with Crippen LogP contribution in [-0.2, 0) is 4.79 Å². The van der Waals surface area contributed by atoms with Crippen molar-refractivity contribution in [3.8, 4) is 0 Å². The molecule has 3 nitrogen and oxygen atoms in total. The maximum Gasteiger partial charge on any atom is 0.336 e. The van der Waals surface area contributed by atoms with Crippen LogP contribution in [0.3, 0.4) is 0 Å². The number of carbonyl (C=O) groups excluding carboxylic acids is 1. The average Bonchev–Trinajstić information content (AvgIpc) is 2.01. The molecule has 0 spiro atoms. The molecule has 0 aromatic heterocycles. The van der Waals surface area contributed by atoms with Crippen molar-refractivity contribution in [2.45, 2.75) is 38.7 Å². The van der Waals surface area contributed by atoms with Gasteiger partial charge in [0.15, 0.2) is 0 Å². The Morgan fingerprint density at radius 2 is 2.15 bits per heavy atom. The van der Waals surface area contributed by atoms with Gasteiger partial charge < -0.3 is 11.1 Å². The van der Waals surface area contributed by atoms with Gasteiger partial charge in [0.2, 0.25) is 0 Å². The first kappa shape index (κ1) is 12.3. The van der Waals surface area contributed by atoms with Crippen molar-refractivity contribution >= 4 is 5.91 Å². The van der Waals surface area contributed by atoms with Crippen LogP contribution in [0.4, 0.5) is 8.78 Å². The van der Waals surface area contributed by atoms with Crippen LogP contribution in [0.1, 0.15) is 26.7 Å². The monoisotopic (exact) mass is 194 g/mol. The zero-order valence-corrected chi connectivity index (χ0v) is 7.94. The number of primary amides is 1. The molecular weight excluding hydrogens is 178 g/mol. The Morgan fingerprint density at radius 1 is 1.62 bits per heavy atom. The minimum atomic E-state index is -3.44. The van der Waals surface area contributed by atoms with E-state index in [1.165, 1.54) is 0 Å². The summed E-state index contributed by atoms with van der Waals surface area (Å²) < 4.78 is 25.2. The largest absolute Gasteiger partial charge is 0.364 e. The molecule has 0 aromatic carbocycles. The zero-order valence-electron chi connectivity index (χ0n) is 7.94. The average molecular weight is 194 g/mol. The van der Waals surface area contributed by atoms with Gasteiger partial charge in [0.25, 0.3) is 5.91 Å². The molecular formula is C8H16F2N2O. The van der Waals surface area contributed by atoms with Crippen LogP contribution in [0.15, 0.2) is 0 Å². The lowest BCUT2D eigenvalue weighted by molar-refractivity contribution is -0.141. The van der Waals surface area contributed by atoms with Crippen molar-refractivity contribution in [3.05, 3.63) is 0 Å². The fourth-order valence-electron chi connectivity index (χ4n) is 0.925. The van der Waals surface area contributed by atoms with Gasteiger partial charge in [-0.3, -0.25) is 4.79 Å². The van der Waals surface area contributed by atoms with Crippen molar-refractivity contribution in [1.29, 1.82) is 0 Å². The molecule has 1 amide bonds. The zero-order chi connectivity index (χ0) is 10.5. The van der Waals surface area contributed by atoms with E-state index in [9.17, 15) is 13.6 Å². The summed E-state index contributed by atoms with van der Waals surface area (Å²) in [6.45, 7) is 3.08. The molecule has 0 saturated heterocycles. The highest BCUT2D eigenvalue weighted by molar-refractivity contribution is 5.81. The molecule has 3 N–H and O–H groups in total. The molecule has 0 aromatic rings. The molecule has 1 atom stereocenters. The van der Waals surface area contributed by atoms with Crippen LogP contribution in [0, 0.1) is 0 Å². The molecule has 5 heteroatoms. The highest BCUT2D eigenvalue weighted by Crippen LogP contribution is 2.11. The van der Waals surface area contributed by atoms with Crippen LogP contribution in [-0.4, -0.2) is 24.4 Å². The third-order valence-corrected chi connectivity index (χ3v) is 1.75. The first-order valence-electron chi connectivity index (χ1n) is 4.31. The molecule has 0 heterocycles. The summed E-state index contributed by atoms with van der Waals surface area (Å²) in [5.41, 5.74) is 4.50. The van der Waals surface area contributed by atoms with Crippen molar-refractivity contribution in [3.63, 3.8) is 0 Å². The van der Waals surface area contributed by atoms with E-state index in [4.69, 9.17) is 0 Å². The number of nitrogens with one attached hydrogen (secondary N) is 1. The highest BCUT2D eigenvalue weighted by atomic mass is 19.3. The molecule has 0 bridgehead atoms. The minimum Gasteiger partial charge on any atom is -0.364 e. The fourth-order valence-corrected chi connectivity index (χ4v) is 0.925. The minimum absolute atomic E-state index is 0.0183. The van der Waals surface area contributed by atoms with E-state index < -0.39 is 18.4 Å². The summed E-state index contributed by atoms with van der Waals surface area (Å²) in [7, 11) is 0. The Balaban J connectivity index is 3.80. The Morgan fingerprint density at radius 3 is 2.54 bits per heavy atom. The molecule has 0 aliphatic heterocycles. The first-order chi connectivity index (χ1) is 5.90. The number of amides is 1. The lowest BCUT2D eigenvalue weighted by atomic mass is 10.2. The predicted molar refractivity (Wildman–Crippen MR) is 46.5 cm³/mol. The van der Waals surface area contributed by atoms with Crippen LogP contribution < -0.4 is 11.1 Å². The van der Waals surface area contributed by atoms with Crippen LogP contribution in [0.5, 0.6) is 0 Å². The van der Waals surface area contributed by atoms with Gasteiger partial charge in [-0.05, 0) is 13.3 Å². The molecule has 0 fully saturated rings. The topological polar surface area (TPSA) is 55.1 Å². The molecule has 0 aliphatic rings. The second-order valence-electron chi connectivity index (χ2n) is 3.14. The number of carbonyl (C=O) groups is 1. The number of rotatable bonds is 6. The highest BCUT2D eigenvalue weighted by Gasteiger charge is 2.36. The van der Waals surface area contributed by atoms with Crippen molar-refractivity contribution in [2.24, 2.45) is 5.73 Å². The van der Waals surface area contributed by atoms with Crippen molar-refractivity contribution in [1.82, 2.24) is 5.32 Å². The molecule has 13 heavy (non-hydrogen) atoms. The van der Waals surface area contributed by atoms with E-state index in [1.807, 2.05) is 6.92 Å². The second kappa shape index (κ2) is 5.11. The lowest BCUT2D eigenvalue weighted by Crippen LogP contribution is -2.46. The van der Waals surface area contributed by atoms with Gasteiger partial charge in [0, 0.05) is 6.04 Å². The summed E-state index contributed by atoms with van der Waals surface area (Å²) in [6, 6.07) is -0.0183. The maximum absolute atomic E-state index is 12.6. The molecule has 0 rings (SSSR count). The van der Waals surface area contributed by atoms with E-state index in [0.717, 1.165) is 12.8 Å². The van der Waals surface area contributed by atoms with Crippen molar-refractivity contribution in [2.75, 3.05) is 6.54 Å². The summed E-state index contributed by atoms with van der Waals surface area (Å²) in [4.78, 5) is 10.2. The predicted octanol–water partition coefficient (Wildman–Crippen LogP) is 0.885. The van der Waals surface area contributed by atoms with E-state index in [2.05, 4.69) is 11.1 Å². The maximum atomic E-state index is 12.6. The van der Waals surface area contributed by atoms with Gasteiger partial charge in [-0.25, -0.2) is 0 Å². The van der Waals surface area contributed by atoms with Gasteiger partial charge in [-0.1, -0.05) is 13.3 Å². The van der Waals surface area contributed by atoms with E-state index in [1.54, 1.807) is 6.92 Å². The number of halogens is 2. The Labute approximate surface area is 76.7 Å². The third kappa shape index (κ3) is 4.77. The molecule has 78 valence electrons. The number of alkyl halides is 2. The summed E-state index contributed by atoms with van der Waals surface area (Å²) >= 11 is 0. The first-order valence-corrected chi connectivity index (χ1v) is 4.31. The van der Waals surface area contributed by atoms with Crippen LogP contribution >= 0.6 is 0 Å². The Hall–Kier alpha value is -0.710.